The molecule has 3 heteroatoms. The van der Waals surface area contributed by atoms with Gasteiger partial charge in [-0.3, -0.25) is 4.79 Å². The van der Waals surface area contributed by atoms with E-state index in [2.05, 4.69) is 0 Å². The van der Waals surface area contributed by atoms with Crippen LogP contribution in [0, 0.1) is 11.8 Å². The second-order valence-electron chi connectivity index (χ2n) is 4.42. The molecule has 15 heavy (non-hydrogen) atoms. The standard InChI is InChI=1S/C12H23NO2/c1-2-15-12(14)11-8-10(9-11)6-4-3-5-7-13/h10-11H,2-9,13H2,1H3. The van der Waals surface area contributed by atoms with E-state index in [1.807, 2.05) is 6.92 Å². The summed E-state index contributed by atoms with van der Waals surface area (Å²) >= 11 is 0. The van der Waals surface area contributed by atoms with Gasteiger partial charge in [0.1, 0.15) is 0 Å². The summed E-state index contributed by atoms with van der Waals surface area (Å²) in [5.74, 6) is 0.970. The fourth-order valence-corrected chi connectivity index (χ4v) is 2.18. The molecular formula is C12H23NO2. The zero-order valence-corrected chi connectivity index (χ0v) is 9.71. The number of unbranched alkanes of at least 4 members (excludes halogenated alkanes) is 2. The van der Waals surface area contributed by atoms with E-state index in [4.69, 9.17) is 10.5 Å². The first kappa shape index (κ1) is 12.5. The zero-order chi connectivity index (χ0) is 11.1. The highest BCUT2D eigenvalue weighted by Crippen LogP contribution is 2.37. The van der Waals surface area contributed by atoms with Crippen molar-refractivity contribution in [1.82, 2.24) is 0 Å². The molecule has 0 aromatic rings. The Hall–Kier alpha value is -0.570. The summed E-state index contributed by atoms with van der Waals surface area (Å²) in [5.41, 5.74) is 5.43. The lowest BCUT2D eigenvalue weighted by Crippen LogP contribution is -2.31. The Morgan fingerprint density at radius 1 is 1.33 bits per heavy atom. The molecule has 0 heterocycles. The van der Waals surface area contributed by atoms with Crippen LogP contribution in [0.4, 0.5) is 0 Å². The average molecular weight is 213 g/mol. The fraction of sp³-hybridized carbons (Fsp3) is 0.917. The van der Waals surface area contributed by atoms with Gasteiger partial charge in [-0.25, -0.2) is 0 Å². The van der Waals surface area contributed by atoms with Gasteiger partial charge in [0.05, 0.1) is 12.5 Å². The maximum absolute atomic E-state index is 11.3. The molecular weight excluding hydrogens is 190 g/mol. The van der Waals surface area contributed by atoms with Gasteiger partial charge in [-0.15, -0.1) is 0 Å². The van der Waals surface area contributed by atoms with Crippen molar-refractivity contribution in [3.8, 4) is 0 Å². The summed E-state index contributed by atoms with van der Waals surface area (Å²) < 4.78 is 4.98. The summed E-state index contributed by atoms with van der Waals surface area (Å²) in [5, 5.41) is 0. The Labute approximate surface area is 92.4 Å². The van der Waals surface area contributed by atoms with Crippen LogP contribution in [0.1, 0.15) is 45.4 Å². The Bertz CT molecular complexity index is 188. The molecule has 0 saturated heterocycles. The van der Waals surface area contributed by atoms with E-state index in [0.717, 1.165) is 31.7 Å². The quantitative estimate of drug-likeness (QED) is 0.520. The molecule has 0 unspecified atom stereocenters. The van der Waals surface area contributed by atoms with Gasteiger partial charge in [0.15, 0.2) is 0 Å². The first-order chi connectivity index (χ1) is 7.27. The molecule has 0 radical (unpaired) electrons. The lowest BCUT2D eigenvalue weighted by Gasteiger charge is -2.33. The van der Waals surface area contributed by atoms with Gasteiger partial charge < -0.3 is 10.5 Å². The molecule has 3 nitrogen and oxygen atoms in total. The summed E-state index contributed by atoms with van der Waals surface area (Å²) in [6.45, 7) is 3.17. The minimum atomic E-state index is 0.00991. The summed E-state index contributed by atoms with van der Waals surface area (Å²) in [6, 6.07) is 0. The maximum Gasteiger partial charge on any atom is 0.308 e. The van der Waals surface area contributed by atoms with Crippen molar-refractivity contribution in [2.24, 2.45) is 17.6 Å². The van der Waals surface area contributed by atoms with Crippen molar-refractivity contribution in [3.05, 3.63) is 0 Å². The van der Waals surface area contributed by atoms with E-state index in [0.29, 0.717) is 6.61 Å². The molecule has 0 aliphatic heterocycles. The third kappa shape index (κ3) is 4.20. The normalized spacial score (nSPS) is 24.7. The van der Waals surface area contributed by atoms with Crippen LogP contribution in [0.25, 0.3) is 0 Å². The number of rotatable bonds is 7. The molecule has 0 spiro atoms. The largest absolute Gasteiger partial charge is 0.466 e. The monoisotopic (exact) mass is 213 g/mol. The van der Waals surface area contributed by atoms with Gasteiger partial charge in [-0.1, -0.05) is 19.3 Å². The number of nitrogens with two attached hydrogens (primary N) is 1. The van der Waals surface area contributed by atoms with Crippen LogP contribution < -0.4 is 5.73 Å². The van der Waals surface area contributed by atoms with Gasteiger partial charge in [0.2, 0.25) is 0 Å². The molecule has 0 amide bonds. The minimum Gasteiger partial charge on any atom is -0.466 e. The highest BCUT2D eigenvalue weighted by atomic mass is 16.5. The Morgan fingerprint density at radius 3 is 2.67 bits per heavy atom. The van der Waals surface area contributed by atoms with Crippen LogP contribution in [0.3, 0.4) is 0 Å². The molecule has 0 atom stereocenters. The fourth-order valence-electron chi connectivity index (χ4n) is 2.18. The predicted octanol–water partition coefficient (Wildman–Crippen LogP) is 2.09. The molecule has 0 aromatic heterocycles. The predicted molar refractivity (Wildman–Crippen MR) is 60.4 cm³/mol. The summed E-state index contributed by atoms with van der Waals surface area (Å²) in [4.78, 5) is 11.3. The highest BCUT2D eigenvalue weighted by molar-refractivity contribution is 5.73. The SMILES string of the molecule is CCOC(=O)C1CC(CCCCCN)C1. The number of hydrogen-bond acceptors (Lipinski definition) is 3. The van der Waals surface area contributed by atoms with Gasteiger partial charge in [0, 0.05) is 0 Å². The third-order valence-corrected chi connectivity index (χ3v) is 3.17. The van der Waals surface area contributed by atoms with Crippen molar-refractivity contribution in [3.63, 3.8) is 0 Å². The van der Waals surface area contributed by atoms with E-state index in [9.17, 15) is 4.79 Å². The van der Waals surface area contributed by atoms with Crippen LogP contribution in [0.5, 0.6) is 0 Å². The second-order valence-corrected chi connectivity index (χ2v) is 4.42. The molecule has 1 saturated carbocycles. The smallest absolute Gasteiger partial charge is 0.308 e. The summed E-state index contributed by atoms with van der Waals surface area (Å²) in [7, 11) is 0. The van der Waals surface area contributed by atoms with E-state index in [1.54, 1.807) is 0 Å². The van der Waals surface area contributed by atoms with Crippen LogP contribution >= 0.6 is 0 Å². The molecule has 1 aliphatic carbocycles. The molecule has 2 N–H and O–H groups in total. The Balaban J connectivity index is 1.97. The maximum atomic E-state index is 11.3. The van der Waals surface area contributed by atoms with E-state index >= 15 is 0 Å². The van der Waals surface area contributed by atoms with Crippen LogP contribution in [-0.2, 0) is 9.53 Å². The molecule has 0 aromatic carbocycles. The topological polar surface area (TPSA) is 52.3 Å². The summed E-state index contributed by atoms with van der Waals surface area (Å²) in [6.07, 6.45) is 6.97. The van der Waals surface area contributed by atoms with Crippen molar-refractivity contribution in [2.75, 3.05) is 13.2 Å². The number of ether oxygens (including phenoxy) is 1. The van der Waals surface area contributed by atoms with Gasteiger partial charge in [0.25, 0.3) is 0 Å². The van der Waals surface area contributed by atoms with Crippen molar-refractivity contribution in [2.45, 2.75) is 45.4 Å². The minimum absolute atomic E-state index is 0.00991. The number of carbonyl (C=O) groups excluding carboxylic acids is 1. The molecule has 1 aliphatic rings. The molecule has 0 bridgehead atoms. The van der Waals surface area contributed by atoms with Crippen molar-refractivity contribution in [1.29, 1.82) is 0 Å². The molecule has 1 fully saturated rings. The van der Waals surface area contributed by atoms with Crippen LogP contribution in [0.2, 0.25) is 0 Å². The van der Waals surface area contributed by atoms with E-state index in [1.165, 1.54) is 19.3 Å². The Kier molecular flexibility index (Phi) is 5.69. The first-order valence-corrected chi connectivity index (χ1v) is 6.14. The third-order valence-electron chi connectivity index (χ3n) is 3.17. The van der Waals surface area contributed by atoms with Gasteiger partial charge in [-0.2, -0.15) is 0 Å². The Morgan fingerprint density at radius 2 is 2.07 bits per heavy atom. The lowest BCUT2D eigenvalue weighted by molar-refractivity contribution is -0.152. The average Bonchev–Trinajstić information content (AvgIpc) is 2.15. The second kappa shape index (κ2) is 6.83. The number of esters is 1. The van der Waals surface area contributed by atoms with Gasteiger partial charge in [-0.05, 0) is 38.6 Å². The van der Waals surface area contributed by atoms with E-state index in [-0.39, 0.29) is 11.9 Å². The lowest BCUT2D eigenvalue weighted by atomic mass is 9.72. The van der Waals surface area contributed by atoms with Crippen molar-refractivity contribution >= 4 is 5.97 Å². The zero-order valence-electron chi connectivity index (χ0n) is 9.71. The number of carbonyl (C=O) groups is 1. The molecule has 1 rings (SSSR count). The van der Waals surface area contributed by atoms with Crippen molar-refractivity contribution < 1.29 is 9.53 Å². The van der Waals surface area contributed by atoms with Gasteiger partial charge >= 0.3 is 5.97 Å². The molecule has 88 valence electrons. The van der Waals surface area contributed by atoms with Crippen LogP contribution in [-0.4, -0.2) is 19.1 Å². The van der Waals surface area contributed by atoms with E-state index < -0.39 is 0 Å². The number of hydrogen-bond donors (Lipinski definition) is 1. The highest BCUT2D eigenvalue weighted by Gasteiger charge is 2.34. The van der Waals surface area contributed by atoms with Crippen LogP contribution in [0.15, 0.2) is 0 Å². The first-order valence-electron chi connectivity index (χ1n) is 6.14.